The SMILES string of the molecule is CCOc1ccc(C(=O)N2CCCCC(SCC)C2)cc1C. The summed E-state index contributed by atoms with van der Waals surface area (Å²) >= 11 is 1.98. The topological polar surface area (TPSA) is 29.5 Å². The Bertz CT molecular complexity index is 504. The van der Waals surface area contributed by atoms with E-state index in [2.05, 4.69) is 6.92 Å². The largest absolute Gasteiger partial charge is 0.494 e. The molecule has 1 unspecified atom stereocenters. The number of nitrogens with zero attached hydrogens (tertiary/aromatic N) is 1. The Hall–Kier alpha value is -1.16. The van der Waals surface area contributed by atoms with Crippen molar-refractivity contribution in [2.75, 3.05) is 25.4 Å². The van der Waals surface area contributed by atoms with Crippen LogP contribution in [0.4, 0.5) is 0 Å². The van der Waals surface area contributed by atoms with Crippen LogP contribution in [-0.2, 0) is 0 Å². The Labute approximate surface area is 138 Å². The van der Waals surface area contributed by atoms with Gasteiger partial charge in [0.2, 0.25) is 0 Å². The van der Waals surface area contributed by atoms with Crippen molar-refractivity contribution in [1.82, 2.24) is 4.90 Å². The Kier molecular flexibility index (Phi) is 6.62. The number of aryl methyl sites for hydroxylation is 1. The molecule has 0 N–H and O–H groups in total. The van der Waals surface area contributed by atoms with Crippen LogP contribution in [0.3, 0.4) is 0 Å². The molecule has 3 nitrogen and oxygen atoms in total. The minimum absolute atomic E-state index is 0.162. The number of hydrogen-bond acceptors (Lipinski definition) is 3. The van der Waals surface area contributed by atoms with Crippen LogP contribution < -0.4 is 4.74 Å². The molecule has 22 heavy (non-hydrogen) atoms. The Morgan fingerprint density at radius 2 is 2.18 bits per heavy atom. The molecule has 1 aromatic rings. The third-order valence-electron chi connectivity index (χ3n) is 4.04. The lowest BCUT2D eigenvalue weighted by atomic mass is 10.1. The number of carbonyl (C=O) groups excluding carboxylic acids is 1. The van der Waals surface area contributed by atoms with Gasteiger partial charge in [-0.1, -0.05) is 13.3 Å². The summed E-state index contributed by atoms with van der Waals surface area (Å²) in [5, 5.41) is 0.584. The second kappa shape index (κ2) is 8.47. The average molecular weight is 321 g/mol. The number of likely N-dealkylation sites (tertiary alicyclic amines) is 1. The van der Waals surface area contributed by atoms with Crippen molar-refractivity contribution in [2.24, 2.45) is 0 Å². The first kappa shape index (κ1) is 17.2. The number of carbonyl (C=O) groups is 1. The molecule has 0 saturated carbocycles. The third kappa shape index (κ3) is 4.42. The zero-order valence-corrected chi connectivity index (χ0v) is 14.7. The summed E-state index contributed by atoms with van der Waals surface area (Å²) in [5.41, 5.74) is 1.81. The maximum Gasteiger partial charge on any atom is 0.253 e. The predicted molar refractivity (Wildman–Crippen MR) is 94.0 cm³/mol. The second-order valence-electron chi connectivity index (χ2n) is 5.74. The Morgan fingerprint density at radius 3 is 2.86 bits per heavy atom. The van der Waals surface area contributed by atoms with Gasteiger partial charge in [-0.25, -0.2) is 0 Å². The molecular weight excluding hydrogens is 294 g/mol. The molecule has 1 heterocycles. The van der Waals surface area contributed by atoms with E-state index in [-0.39, 0.29) is 5.91 Å². The fourth-order valence-electron chi connectivity index (χ4n) is 2.94. The highest BCUT2D eigenvalue weighted by Crippen LogP contribution is 2.24. The van der Waals surface area contributed by atoms with Crippen molar-refractivity contribution in [3.8, 4) is 5.75 Å². The van der Waals surface area contributed by atoms with Crippen molar-refractivity contribution in [2.45, 2.75) is 45.3 Å². The summed E-state index contributed by atoms with van der Waals surface area (Å²) in [7, 11) is 0. The number of ether oxygens (including phenoxy) is 1. The Balaban J connectivity index is 2.10. The van der Waals surface area contributed by atoms with Crippen LogP contribution in [0.25, 0.3) is 0 Å². The molecule has 1 fully saturated rings. The van der Waals surface area contributed by atoms with E-state index in [1.54, 1.807) is 0 Å². The first-order chi connectivity index (χ1) is 10.7. The summed E-state index contributed by atoms with van der Waals surface area (Å²) in [4.78, 5) is 14.8. The lowest BCUT2D eigenvalue weighted by molar-refractivity contribution is 0.0763. The van der Waals surface area contributed by atoms with Crippen LogP contribution in [0.15, 0.2) is 18.2 Å². The minimum Gasteiger partial charge on any atom is -0.494 e. The third-order valence-corrected chi connectivity index (χ3v) is 5.23. The highest BCUT2D eigenvalue weighted by molar-refractivity contribution is 7.99. The van der Waals surface area contributed by atoms with Crippen molar-refractivity contribution >= 4 is 17.7 Å². The van der Waals surface area contributed by atoms with Gasteiger partial charge in [-0.05, 0) is 56.2 Å². The highest BCUT2D eigenvalue weighted by atomic mass is 32.2. The smallest absolute Gasteiger partial charge is 0.253 e. The number of benzene rings is 1. The molecule has 0 spiro atoms. The van der Waals surface area contributed by atoms with Gasteiger partial charge in [-0.2, -0.15) is 11.8 Å². The van der Waals surface area contributed by atoms with Gasteiger partial charge in [-0.15, -0.1) is 0 Å². The van der Waals surface area contributed by atoms with Gasteiger partial charge in [0.05, 0.1) is 6.61 Å². The summed E-state index contributed by atoms with van der Waals surface area (Å²) < 4.78 is 5.56. The van der Waals surface area contributed by atoms with Gasteiger partial charge in [0.25, 0.3) is 5.91 Å². The lowest BCUT2D eigenvalue weighted by Gasteiger charge is -2.24. The number of thioether (sulfide) groups is 1. The molecule has 0 bridgehead atoms. The number of hydrogen-bond donors (Lipinski definition) is 0. The zero-order valence-electron chi connectivity index (χ0n) is 13.9. The molecule has 0 aliphatic carbocycles. The summed E-state index contributed by atoms with van der Waals surface area (Å²) in [5.74, 6) is 2.15. The maximum absolute atomic E-state index is 12.8. The number of amides is 1. The lowest BCUT2D eigenvalue weighted by Crippen LogP contribution is -2.35. The van der Waals surface area contributed by atoms with Gasteiger partial charge in [-0.3, -0.25) is 4.79 Å². The molecule has 0 aromatic heterocycles. The molecule has 122 valence electrons. The van der Waals surface area contributed by atoms with Crippen LogP contribution in [0.2, 0.25) is 0 Å². The molecule has 4 heteroatoms. The van der Waals surface area contributed by atoms with Crippen LogP contribution >= 0.6 is 11.8 Å². The van der Waals surface area contributed by atoms with Crippen LogP contribution in [0.5, 0.6) is 5.75 Å². The van der Waals surface area contributed by atoms with Crippen molar-refractivity contribution in [3.05, 3.63) is 29.3 Å². The van der Waals surface area contributed by atoms with E-state index in [1.165, 1.54) is 12.8 Å². The van der Waals surface area contributed by atoms with E-state index in [0.29, 0.717) is 11.9 Å². The van der Waals surface area contributed by atoms with E-state index in [0.717, 1.165) is 42.1 Å². The van der Waals surface area contributed by atoms with Crippen molar-refractivity contribution < 1.29 is 9.53 Å². The predicted octanol–water partition coefficient (Wildman–Crippen LogP) is 4.14. The van der Waals surface area contributed by atoms with E-state index < -0.39 is 0 Å². The molecule has 0 radical (unpaired) electrons. The summed E-state index contributed by atoms with van der Waals surface area (Å²) in [6.07, 6.45) is 3.57. The molecule has 1 aliphatic rings. The molecule has 1 atom stereocenters. The van der Waals surface area contributed by atoms with Crippen LogP contribution in [0, 0.1) is 6.92 Å². The fraction of sp³-hybridized carbons (Fsp3) is 0.611. The van der Waals surface area contributed by atoms with Crippen LogP contribution in [0.1, 0.15) is 49.0 Å². The normalized spacial score (nSPS) is 18.9. The molecule has 1 saturated heterocycles. The van der Waals surface area contributed by atoms with E-state index in [1.807, 2.05) is 48.7 Å². The molecule has 2 rings (SSSR count). The first-order valence-corrected chi connectivity index (χ1v) is 9.34. The van der Waals surface area contributed by atoms with Gasteiger partial charge in [0.15, 0.2) is 0 Å². The first-order valence-electron chi connectivity index (χ1n) is 8.30. The van der Waals surface area contributed by atoms with Gasteiger partial charge in [0, 0.05) is 23.9 Å². The second-order valence-corrected chi connectivity index (χ2v) is 7.31. The maximum atomic E-state index is 12.8. The summed E-state index contributed by atoms with van der Waals surface area (Å²) in [6.45, 7) is 8.57. The highest BCUT2D eigenvalue weighted by Gasteiger charge is 2.23. The van der Waals surface area contributed by atoms with E-state index in [9.17, 15) is 4.79 Å². The van der Waals surface area contributed by atoms with Crippen molar-refractivity contribution in [3.63, 3.8) is 0 Å². The molecule has 1 aliphatic heterocycles. The van der Waals surface area contributed by atoms with Gasteiger partial charge in [0.1, 0.15) is 5.75 Å². The van der Waals surface area contributed by atoms with Gasteiger partial charge < -0.3 is 9.64 Å². The van der Waals surface area contributed by atoms with E-state index >= 15 is 0 Å². The quantitative estimate of drug-likeness (QED) is 0.816. The monoisotopic (exact) mass is 321 g/mol. The molecular formula is C18H27NO2S. The molecule has 1 amide bonds. The standard InChI is InChI=1S/C18H27NO2S/c1-4-21-17-10-9-15(12-14(17)3)18(20)19-11-7-6-8-16(13-19)22-5-2/h9-10,12,16H,4-8,11,13H2,1-3H3. The van der Waals surface area contributed by atoms with Crippen LogP contribution in [-0.4, -0.2) is 41.5 Å². The summed E-state index contributed by atoms with van der Waals surface area (Å²) in [6, 6.07) is 5.77. The zero-order chi connectivity index (χ0) is 15.9. The minimum atomic E-state index is 0.162. The van der Waals surface area contributed by atoms with Gasteiger partial charge >= 0.3 is 0 Å². The average Bonchev–Trinajstić information content (AvgIpc) is 2.75. The fourth-order valence-corrected chi connectivity index (χ4v) is 4.03. The molecule has 1 aromatic carbocycles. The van der Waals surface area contributed by atoms with Crippen molar-refractivity contribution in [1.29, 1.82) is 0 Å². The van der Waals surface area contributed by atoms with E-state index in [4.69, 9.17) is 4.74 Å². The Morgan fingerprint density at radius 1 is 1.36 bits per heavy atom. The number of rotatable bonds is 5.